The van der Waals surface area contributed by atoms with Crippen LogP contribution in [0.2, 0.25) is 0 Å². The molecule has 6 rings (SSSR count). The first kappa shape index (κ1) is 61.8. The zero-order valence-electron chi connectivity index (χ0n) is 45.2. The molecule has 79 heavy (non-hydrogen) atoms. The Morgan fingerprint density at radius 1 is 0.658 bits per heavy atom. The molecule has 2 aromatic rings. The molecule has 0 aromatic heterocycles. The Hall–Kier alpha value is -6.45. The van der Waals surface area contributed by atoms with E-state index in [0.29, 0.717) is 60.8 Å². The highest BCUT2D eigenvalue weighted by Gasteiger charge is 2.42. The van der Waals surface area contributed by atoms with Gasteiger partial charge in [-0.1, -0.05) is 93.1 Å². The molecule has 3 heterocycles. The summed E-state index contributed by atoms with van der Waals surface area (Å²) < 4.78 is 11.3. The number of unbranched alkanes of at least 4 members (excludes halogenated alkanes) is 1. The molecule has 9 N–H and O–H groups in total. The van der Waals surface area contributed by atoms with Crippen molar-refractivity contribution in [3.8, 4) is 0 Å². The number of benzene rings is 2. The largest absolute Gasteiger partial charge is 0.379 e. The predicted molar refractivity (Wildman–Crippen MR) is 297 cm³/mol. The van der Waals surface area contributed by atoms with Crippen LogP contribution in [0.25, 0.3) is 0 Å². The summed E-state index contributed by atoms with van der Waals surface area (Å²) >= 11 is 1.86. The second-order valence-corrected chi connectivity index (χ2v) is 22.3. The molecule has 3 fully saturated rings. The summed E-state index contributed by atoms with van der Waals surface area (Å²) in [6, 6.07) is 12.8. The lowest BCUT2D eigenvalue weighted by Gasteiger charge is -2.29. The minimum Gasteiger partial charge on any atom is -0.379 e. The van der Waals surface area contributed by atoms with Crippen LogP contribution < -0.4 is 43.0 Å². The molecule has 8 amide bonds. The number of carbonyl (C=O) groups is 10. The van der Waals surface area contributed by atoms with Crippen LogP contribution in [0.1, 0.15) is 137 Å². The van der Waals surface area contributed by atoms with Crippen molar-refractivity contribution in [2.24, 2.45) is 17.6 Å². The van der Waals surface area contributed by atoms with Crippen molar-refractivity contribution in [3.63, 3.8) is 0 Å². The number of urea groups is 1. The van der Waals surface area contributed by atoms with Crippen molar-refractivity contribution in [1.29, 1.82) is 0 Å². The van der Waals surface area contributed by atoms with Gasteiger partial charge in [-0.15, -0.1) is 0 Å². The van der Waals surface area contributed by atoms with E-state index in [1.165, 1.54) is 0 Å². The standard InChI is InChI=1S/C58H80N8O12S/c59-50(69)26-24-42-36-43(67)25-27-52(71)62-44(48(68)17-11-30-77-32-33-78-31-29-60-51(70)19-8-7-18-49-53-47(37-79-49)65-58(76)66-53)16-9-10-28-61-56(74)45(64-57(75)46(63-55(42)73)34-38-12-3-1-4-13-38)35-39-20-22-41(23-21-39)54(72)40-14-5-2-6-15-40/h2,5-6,14-15,20-23,25,27,38,42,44-47,49,53H,1,3-4,7-13,16-19,24,26,28-37H2,(H2,59,69)(H,60,70)(H,61,74)(H,62,71)(H,63,73)(H,64,75)(H2,65,66,76)/b27-25+/t42-,44+,45?,46+,47?,49?,53?/m1/s1. The number of hydrogen-bond donors (Lipinski definition) is 8. The number of Topliss-reactive ketones (excluding diaryl/α,β-unsaturated/α-hetero) is 1. The van der Waals surface area contributed by atoms with Crippen molar-refractivity contribution in [3.05, 3.63) is 83.4 Å². The molecule has 0 spiro atoms. The lowest BCUT2D eigenvalue weighted by Crippen LogP contribution is -2.55. The lowest BCUT2D eigenvalue weighted by atomic mass is 9.84. The number of primary amides is 1. The molecular weight excluding hydrogens is 1030 g/mol. The number of carbonyl (C=O) groups excluding carboxylic acids is 10. The quantitative estimate of drug-likeness (QED) is 0.0399. The van der Waals surface area contributed by atoms with Gasteiger partial charge in [0.05, 0.1) is 37.9 Å². The topological polar surface area (TPSA) is 299 Å². The van der Waals surface area contributed by atoms with E-state index in [1.54, 1.807) is 48.5 Å². The summed E-state index contributed by atoms with van der Waals surface area (Å²) in [5.74, 6) is -4.26. The monoisotopic (exact) mass is 1110 g/mol. The van der Waals surface area contributed by atoms with Crippen molar-refractivity contribution < 1.29 is 57.4 Å². The summed E-state index contributed by atoms with van der Waals surface area (Å²) in [4.78, 5) is 132. The van der Waals surface area contributed by atoms with Crippen LogP contribution in [-0.2, 0) is 54.3 Å². The second kappa shape index (κ2) is 33.2. The molecule has 1 saturated carbocycles. The second-order valence-electron chi connectivity index (χ2n) is 21.0. The number of thioether (sulfide) groups is 1. The van der Waals surface area contributed by atoms with Gasteiger partial charge in [0.1, 0.15) is 12.1 Å². The summed E-state index contributed by atoms with van der Waals surface area (Å²) in [7, 11) is 0. The van der Waals surface area contributed by atoms with E-state index in [1.807, 2.05) is 17.8 Å². The summed E-state index contributed by atoms with van der Waals surface area (Å²) in [6.45, 7) is 1.64. The molecule has 4 unspecified atom stereocenters. The van der Waals surface area contributed by atoms with Gasteiger partial charge in [0, 0.05) is 85.9 Å². The summed E-state index contributed by atoms with van der Waals surface area (Å²) in [5.41, 5.74) is 7.10. The number of nitrogens with one attached hydrogen (secondary N) is 7. The highest BCUT2D eigenvalue weighted by atomic mass is 32.2. The number of nitrogens with two attached hydrogens (primary N) is 1. The van der Waals surface area contributed by atoms with Crippen LogP contribution in [0.3, 0.4) is 0 Å². The Morgan fingerprint density at radius 3 is 2.14 bits per heavy atom. The van der Waals surface area contributed by atoms with E-state index >= 15 is 0 Å². The van der Waals surface area contributed by atoms with Gasteiger partial charge in [0.25, 0.3) is 0 Å². The third kappa shape index (κ3) is 21.6. The maximum atomic E-state index is 14.4. The van der Waals surface area contributed by atoms with Gasteiger partial charge in [0.2, 0.25) is 35.4 Å². The number of amides is 8. The minimum absolute atomic E-state index is 0.0427. The fourth-order valence-electron chi connectivity index (χ4n) is 10.5. The van der Waals surface area contributed by atoms with Crippen LogP contribution in [0.4, 0.5) is 4.79 Å². The van der Waals surface area contributed by atoms with Crippen molar-refractivity contribution in [2.75, 3.05) is 45.3 Å². The average molecular weight is 1110 g/mol. The molecule has 3 aliphatic heterocycles. The van der Waals surface area contributed by atoms with Gasteiger partial charge in [-0.2, -0.15) is 11.8 Å². The molecule has 20 nitrogen and oxygen atoms in total. The van der Waals surface area contributed by atoms with Crippen molar-refractivity contribution in [1.82, 2.24) is 37.2 Å². The van der Waals surface area contributed by atoms with E-state index in [0.717, 1.165) is 69.3 Å². The molecular formula is C58H80N8O12S. The Morgan fingerprint density at radius 2 is 1.38 bits per heavy atom. The van der Waals surface area contributed by atoms with Gasteiger partial charge >= 0.3 is 6.03 Å². The average Bonchev–Trinajstić information content (AvgIpc) is 4.03. The fraction of sp³-hybridized carbons (Fsp3) is 0.586. The van der Waals surface area contributed by atoms with E-state index in [4.69, 9.17) is 15.2 Å². The maximum absolute atomic E-state index is 14.4. The Balaban J connectivity index is 1.01. The normalized spacial score (nSPS) is 24.1. The minimum atomic E-state index is -1.11. The number of fused-ring (bicyclic) bond motifs is 1. The Labute approximate surface area is 467 Å². The first-order chi connectivity index (χ1) is 38.2. The molecule has 2 aromatic carbocycles. The summed E-state index contributed by atoms with van der Waals surface area (Å²) in [6.07, 6.45) is 10.9. The van der Waals surface area contributed by atoms with E-state index in [-0.39, 0.29) is 106 Å². The van der Waals surface area contributed by atoms with Crippen LogP contribution >= 0.6 is 11.8 Å². The molecule has 0 bridgehead atoms. The molecule has 7 atom stereocenters. The first-order valence-electron chi connectivity index (χ1n) is 28.2. The van der Waals surface area contributed by atoms with Crippen LogP contribution in [0.15, 0.2) is 66.7 Å². The highest BCUT2D eigenvalue weighted by molar-refractivity contribution is 8.00. The molecule has 1 aliphatic carbocycles. The van der Waals surface area contributed by atoms with Gasteiger partial charge in [-0.3, -0.25) is 43.2 Å². The van der Waals surface area contributed by atoms with Crippen LogP contribution in [-0.4, -0.2) is 140 Å². The number of allylic oxidation sites excluding steroid dienone is 1. The zero-order chi connectivity index (χ0) is 56.4. The van der Waals surface area contributed by atoms with Crippen LogP contribution in [0.5, 0.6) is 0 Å². The van der Waals surface area contributed by atoms with E-state index < -0.39 is 65.8 Å². The van der Waals surface area contributed by atoms with E-state index in [2.05, 4.69) is 37.2 Å². The Bertz CT molecular complexity index is 2420. The predicted octanol–water partition coefficient (Wildman–Crippen LogP) is 3.81. The SMILES string of the molecule is NC(=O)CC[C@@H]1CC(=O)/C=C/C(=O)N[C@H](C(=O)CCCOCCOCCNC(=O)CCCCC2SCC3NC(=O)NC32)CCCCNC(=O)C(Cc2ccc(C(=O)c3ccccc3)cc2)NC(=O)[C@H](CC2CCCCC2)NC1=O. The first-order valence-corrected chi connectivity index (χ1v) is 29.3. The van der Waals surface area contributed by atoms with Gasteiger partial charge < -0.3 is 52.4 Å². The Kier molecular flexibility index (Phi) is 26.0. The third-order valence-corrected chi connectivity index (χ3v) is 16.4. The smallest absolute Gasteiger partial charge is 0.315 e. The van der Waals surface area contributed by atoms with Crippen molar-refractivity contribution in [2.45, 2.75) is 157 Å². The van der Waals surface area contributed by atoms with Gasteiger partial charge in [0.15, 0.2) is 17.3 Å². The van der Waals surface area contributed by atoms with Crippen LogP contribution in [0, 0.1) is 11.8 Å². The molecule has 2 saturated heterocycles. The number of ether oxygens (including phenoxy) is 2. The number of rotatable bonds is 25. The summed E-state index contributed by atoms with van der Waals surface area (Å²) in [5, 5.41) is 20.6. The molecule has 430 valence electrons. The number of hydrogen-bond acceptors (Lipinski definition) is 13. The highest BCUT2D eigenvalue weighted by Crippen LogP contribution is 2.33. The zero-order valence-corrected chi connectivity index (χ0v) is 46.1. The van der Waals surface area contributed by atoms with Gasteiger partial charge in [-0.25, -0.2) is 4.79 Å². The fourth-order valence-corrected chi connectivity index (χ4v) is 12.0. The van der Waals surface area contributed by atoms with Gasteiger partial charge in [-0.05, 0) is 68.9 Å². The molecule has 21 heteroatoms. The van der Waals surface area contributed by atoms with E-state index in [9.17, 15) is 47.9 Å². The molecule has 4 aliphatic rings. The van der Waals surface area contributed by atoms with Crippen molar-refractivity contribution >= 4 is 70.6 Å². The lowest BCUT2D eigenvalue weighted by molar-refractivity contribution is -0.134. The molecule has 0 radical (unpaired) electrons. The number of ketones is 3. The third-order valence-electron chi connectivity index (χ3n) is 14.9. The maximum Gasteiger partial charge on any atom is 0.315 e.